The second-order valence-electron chi connectivity index (χ2n) is 4.36. The molecule has 0 atom stereocenters. The van der Waals surface area contributed by atoms with Gasteiger partial charge >= 0.3 is 0 Å². The molecule has 21 heavy (non-hydrogen) atoms. The summed E-state index contributed by atoms with van der Waals surface area (Å²) in [4.78, 5) is 12.8. The Bertz CT molecular complexity index is 731. The number of hydrogen-bond acceptors (Lipinski definition) is 5. The fourth-order valence-electron chi connectivity index (χ4n) is 1.91. The van der Waals surface area contributed by atoms with Gasteiger partial charge in [-0.3, -0.25) is 0 Å². The molecular formula is C16H14N4O. The minimum Gasteiger partial charge on any atom is -0.497 e. The Kier molecular flexibility index (Phi) is 3.73. The van der Waals surface area contributed by atoms with E-state index in [-0.39, 0.29) is 0 Å². The van der Waals surface area contributed by atoms with Crippen molar-refractivity contribution in [3.8, 4) is 17.1 Å². The zero-order chi connectivity index (χ0) is 14.5. The Hall–Kier alpha value is -2.95. The smallest absolute Gasteiger partial charge is 0.230 e. The van der Waals surface area contributed by atoms with Crippen LogP contribution in [-0.2, 0) is 0 Å². The van der Waals surface area contributed by atoms with Gasteiger partial charge in [0.05, 0.1) is 7.11 Å². The van der Waals surface area contributed by atoms with E-state index in [1.165, 1.54) is 6.33 Å². The summed E-state index contributed by atoms with van der Waals surface area (Å²) in [6.07, 6.45) is 1.49. The Labute approximate surface area is 122 Å². The Morgan fingerprint density at radius 3 is 2.62 bits per heavy atom. The first-order valence-electron chi connectivity index (χ1n) is 6.51. The summed E-state index contributed by atoms with van der Waals surface area (Å²) >= 11 is 0. The monoisotopic (exact) mass is 278 g/mol. The van der Waals surface area contributed by atoms with Crippen LogP contribution in [0, 0.1) is 0 Å². The van der Waals surface area contributed by atoms with Crippen LogP contribution < -0.4 is 10.1 Å². The van der Waals surface area contributed by atoms with Crippen molar-refractivity contribution in [2.75, 3.05) is 12.4 Å². The number of methoxy groups -OCH3 is 1. The number of aromatic nitrogens is 3. The molecule has 1 heterocycles. The van der Waals surface area contributed by atoms with Gasteiger partial charge in [-0.25, -0.2) is 9.97 Å². The third-order valence-corrected chi connectivity index (χ3v) is 2.93. The van der Waals surface area contributed by atoms with E-state index in [4.69, 9.17) is 4.74 Å². The summed E-state index contributed by atoms with van der Waals surface area (Å²) in [5, 5.41) is 3.15. The highest BCUT2D eigenvalue weighted by Crippen LogP contribution is 2.21. The Balaban J connectivity index is 1.89. The molecule has 0 fully saturated rings. The molecule has 0 radical (unpaired) electrons. The normalized spacial score (nSPS) is 10.1. The Morgan fingerprint density at radius 1 is 0.952 bits per heavy atom. The summed E-state index contributed by atoms with van der Waals surface area (Å²) in [6, 6.07) is 17.4. The van der Waals surface area contributed by atoms with Crippen LogP contribution in [0.3, 0.4) is 0 Å². The van der Waals surface area contributed by atoms with Gasteiger partial charge in [0.25, 0.3) is 0 Å². The van der Waals surface area contributed by atoms with Crippen molar-refractivity contribution in [1.29, 1.82) is 0 Å². The lowest BCUT2D eigenvalue weighted by molar-refractivity contribution is 0.415. The molecular weight excluding hydrogens is 264 g/mol. The van der Waals surface area contributed by atoms with E-state index in [0.717, 1.165) is 17.0 Å². The van der Waals surface area contributed by atoms with Gasteiger partial charge in [0, 0.05) is 11.3 Å². The van der Waals surface area contributed by atoms with Crippen molar-refractivity contribution in [3.05, 3.63) is 60.9 Å². The molecule has 5 nitrogen and oxygen atoms in total. The molecule has 0 unspecified atom stereocenters. The van der Waals surface area contributed by atoms with Crippen molar-refractivity contribution in [1.82, 2.24) is 15.0 Å². The van der Waals surface area contributed by atoms with Crippen molar-refractivity contribution in [2.45, 2.75) is 0 Å². The van der Waals surface area contributed by atoms with Gasteiger partial charge in [-0.1, -0.05) is 30.3 Å². The molecule has 2 aromatic carbocycles. The third-order valence-electron chi connectivity index (χ3n) is 2.93. The minimum absolute atomic E-state index is 0.508. The summed E-state index contributed by atoms with van der Waals surface area (Å²) in [5.74, 6) is 1.88. The first-order valence-corrected chi connectivity index (χ1v) is 6.51. The number of hydrogen-bond donors (Lipinski definition) is 1. The second-order valence-corrected chi connectivity index (χ2v) is 4.36. The van der Waals surface area contributed by atoms with Crippen LogP contribution >= 0.6 is 0 Å². The number of nitrogens with zero attached hydrogens (tertiary/aromatic N) is 3. The van der Waals surface area contributed by atoms with E-state index in [1.54, 1.807) is 7.11 Å². The number of nitrogens with one attached hydrogen (secondary N) is 1. The van der Waals surface area contributed by atoms with Crippen molar-refractivity contribution < 1.29 is 4.74 Å². The standard InChI is InChI=1S/C16H14N4O/c1-21-14-9-5-6-12(10-14)15-17-11-18-16(20-15)19-13-7-3-2-4-8-13/h2-11H,1H3,(H,17,18,19,20). The summed E-state index contributed by atoms with van der Waals surface area (Å²) < 4.78 is 5.22. The average Bonchev–Trinajstić information content (AvgIpc) is 2.56. The van der Waals surface area contributed by atoms with Gasteiger partial charge in [-0.05, 0) is 24.3 Å². The van der Waals surface area contributed by atoms with Crippen LogP contribution in [0.1, 0.15) is 0 Å². The van der Waals surface area contributed by atoms with Gasteiger partial charge < -0.3 is 10.1 Å². The lowest BCUT2D eigenvalue weighted by atomic mass is 10.2. The van der Waals surface area contributed by atoms with Gasteiger partial charge in [0.2, 0.25) is 5.95 Å². The molecule has 1 N–H and O–H groups in total. The van der Waals surface area contributed by atoms with Crippen molar-refractivity contribution in [2.24, 2.45) is 0 Å². The molecule has 0 saturated heterocycles. The van der Waals surface area contributed by atoms with Crippen LogP contribution in [0.25, 0.3) is 11.4 Å². The maximum Gasteiger partial charge on any atom is 0.230 e. The maximum atomic E-state index is 5.22. The number of anilines is 2. The highest BCUT2D eigenvalue weighted by atomic mass is 16.5. The fraction of sp³-hybridized carbons (Fsp3) is 0.0625. The van der Waals surface area contributed by atoms with Gasteiger partial charge in [0.15, 0.2) is 5.82 Å². The predicted octanol–water partition coefficient (Wildman–Crippen LogP) is 3.29. The molecule has 0 saturated carbocycles. The number of ether oxygens (including phenoxy) is 1. The molecule has 5 heteroatoms. The first kappa shape index (κ1) is 13.1. The van der Waals surface area contributed by atoms with E-state index in [2.05, 4.69) is 20.3 Å². The van der Waals surface area contributed by atoms with Crippen LogP contribution in [0.5, 0.6) is 5.75 Å². The minimum atomic E-state index is 0.508. The van der Waals surface area contributed by atoms with Gasteiger partial charge in [-0.15, -0.1) is 0 Å². The van der Waals surface area contributed by atoms with E-state index in [9.17, 15) is 0 Å². The van der Waals surface area contributed by atoms with E-state index < -0.39 is 0 Å². The maximum absolute atomic E-state index is 5.22. The second kappa shape index (κ2) is 6.00. The summed E-state index contributed by atoms with van der Waals surface area (Å²) in [7, 11) is 1.63. The van der Waals surface area contributed by atoms with Crippen LogP contribution in [0.15, 0.2) is 60.9 Å². The molecule has 0 amide bonds. The summed E-state index contributed by atoms with van der Waals surface area (Å²) in [6.45, 7) is 0. The largest absolute Gasteiger partial charge is 0.497 e. The highest BCUT2D eigenvalue weighted by molar-refractivity contribution is 5.60. The molecule has 0 aliphatic carbocycles. The van der Waals surface area contributed by atoms with E-state index in [0.29, 0.717) is 11.8 Å². The third kappa shape index (κ3) is 3.14. The van der Waals surface area contributed by atoms with Crippen LogP contribution in [0.2, 0.25) is 0 Å². The number of rotatable bonds is 4. The molecule has 0 aliphatic rings. The molecule has 3 aromatic rings. The average molecular weight is 278 g/mol. The lowest BCUT2D eigenvalue weighted by Gasteiger charge is -2.06. The number of benzene rings is 2. The highest BCUT2D eigenvalue weighted by Gasteiger charge is 2.05. The van der Waals surface area contributed by atoms with E-state index in [1.807, 2.05) is 54.6 Å². The SMILES string of the molecule is COc1cccc(-c2ncnc(Nc3ccccc3)n2)c1. The zero-order valence-electron chi connectivity index (χ0n) is 11.5. The van der Waals surface area contributed by atoms with Crippen molar-refractivity contribution >= 4 is 11.6 Å². The molecule has 0 aliphatic heterocycles. The van der Waals surface area contributed by atoms with Crippen LogP contribution in [0.4, 0.5) is 11.6 Å². The lowest BCUT2D eigenvalue weighted by Crippen LogP contribution is -1.99. The fourth-order valence-corrected chi connectivity index (χ4v) is 1.91. The van der Waals surface area contributed by atoms with Crippen LogP contribution in [-0.4, -0.2) is 22.1 Å². The first-order chi connectivity index (χ1) is 10.3. The van der Waals surface area contributed by atoms with Gasteiger partial charge in [0.1, 0.15) is 12.1 Å². The molecule has 104 valence electrons. The van der Waals surface area contributed by atoms with Gasteiger partial charge in [-0.2, -0.15) is 4.98 Å². The zero-order valence-corrected chi connectivity index (χ0v) is 11.5. The van der Waals surface area contributed by atoms with E-state index >= 15 is 0 Å². The predicted molar refractivity (Wildman–Crippen MR) is 81.5 cm³/mol. The molecule has 0 spiro atoms. The molecule has 1 aromatic heterocycles. The topological polar surface area (TPSA) is 59.9 Å². The summed E-state index contributed by atoms with van der Waals surface area (Å²) in [5.41, 5.74) is 1.81. The molecule has 0 bridgehead atoms. The number of para-hydroxylation sites is 1. The Morgan fingerprint density at radius 2 is 1.81 bits per heavy atom. The molecule has 3 rings (SSSR count). The quantitative estimate of drug-likeness (QED) is 0.793. The van der Waals surface area contributed by atoms with Crippen molar-refractivity contribution in [3.63, 3.8) is 0 Å².